The molecule has 1 aliphatic rings. The number of rotatable bonds is 2. The molecule has 1 saturated carbocycles. The number of Topliss-reactive ketones (excluding diaryl/α,β-unsaturated/α-hetero) is 1. The lowest BCUT2D eigenvalue weighted by atomic mass is 9.69. The van der Waals surface area contributed by atoms with E-state index in [2.05, 4.69) is 5.32 Å². The normalized spacial score (nSPS) is 30.5. The van der Waals surface area contributed by atoms with Crippen LogP contribution in [0.15, 0.2) is 24.3 Å². The molecule has 1 aromatic rings. The van der Waals surface area contributed by atoms with Crippen LogP contribution in [0.5, 0.6) is 0 Å². The number of benzene rings is 1. The maximum Gasteiger partial charge on any atom is 0.416 e. The fraction of sp³-hybridized carbons (Fsp3) is 0.533. The Kier molecular flexibility index (Phi) is 3.88. The maximum atomic E-state index is 12.6. The van der Waals surface area contributed by atoms with Gasteiger partial charge in [0.15, 0.2) is 5.78 Å². The van der Waals surface area contributed by atoms with Crippen LogP contribution in [-0.4, -0.2) is 23.5 Å². The largest absolute Gasteiger partial charge is 0.416 e. The van der Waals surface area contributed by atoms with E-state index in [0.29, 0.717) is 24.8 Å². The fourth-order valence-electron chi connectivity index (χ4n) is 2.99. The molecule has 1 aromatic carbocycles. The zero-order chi connectivity index (χ0) is 15.9. The summed E-state index contributed by atoms with van der Waals surface area (Å²) in [7, 11) is 1.58. The molecule has 0 unspecified atom stereocenters. The third kappa shape index (κ3) is 2.70. The van der Waals surface area contributed by atoms with Crippen LogP contribution in [0.2, 0.25) is 0 Å². The van der Waals surface area contributed by atoms with Gasteiger partial charge >= 0.3 is 6.18 Å². The van der Waals surface area contributed by atoms with E-state index in [0.717, 1.165) is 12.1 Å². The molecule has 6 heteroatoms. The number of nitrogens with one attached hydrogen (secondary N) is 1. The van der Waals surface area contributed by atoms with Gasteiger partial charge in [0.25, 0.3) is 0 Å². The number of aliphatic hydroxyl groups is 1. The van der Waals surface area contributed by atoms with E-state index < -0.39 is 28.7 Å². The van der Waals surface area contributed by atoms with Gasteiger partial charge in [0.2, 0.25) is 0 Å². The molecule has 0 saturated heterocycles. The van der Waals surface area contributed by atoms with E-state index >= 15 is 0 Å². The highest BCUT2D eigenvalue weighted by Crippen LogP contribution is 2.39. The lowest BCUT2D eigenvalue weighted by Gasteiger charge is -2.42. The first kappa shape index (κ1) is 16.0. The number of halogens is 3. The lowest BCUT2D eigenvalue weighted by molar-refractivity contribution is -0.148. The minimum absolute atomic E-state index is 0.357. The van der Waals surface area contributed by atoms with Crippen molar-refractivity contribution in [3.63, 3.8) is 0 Å². The summed E-state index contributed by atoms with van der Waals surface area (Å²) in [5.74, 6) is -0.400. The minimum atomic E-state index is -4.41. The van der Waals surface area contributed by atoms with Crippen LogP contribution in [0, 0.1) is 0 Å². The van der Waals surface area contributed by atoms with Gasteiger partial charge in [-0.1, -0.05) is 12.1 Å². The van der Waals surface area contributed by atoms with Crippen molar-refractivity contribution < 1.29 is 23.1 Å². The van der Waals surface area contributed by atoms with E-state index in [1.807, 2.05) is 0 Å². The summed E-state index contributed by atoms with van der Waals surface area (Å²) in [6, 6.07) is 4.54. The third-order valence-electron chi connectivity index (χ3n) is 4.22. The molecule has 0 amide bonds. The number of likely N-dealkylation sites (N-methyl/N-ethyl adjacent to an activating group) is 1. The molecule has 2 rings (SSSR count). The van der Waals surface area contributed by atoms with Crippen LogP contribution in [0.1, 0.15) is 37.3 Å². The second-order valence-corrected chi connectivity index (χ2v) is 5.69. The predicted octanol–water partition coefficient (Wildman–Crippen LogP) is 2.62. The molecule has 0 radical (unpaired) electrons. The average molecular weight is 301 g/mol. The van der Waals surface area contributed by atoms with Crippen molar-refractivity contribution in [3.05, 3.63) is 35.4 Å². The number of ketones is 1. The van der Waals surface area contributed by atoms with Crippen molar-refractivity contribution >= 4 is 5.78 Å². The van der Waals surface area contributed by atoms with Gasteiger partial charge in [0, 0.05) is 0 Å². The standard InChI is InChI=1S/C15H18F3NO2/c1-13(21)8-3-9-14(19-2,12(13)20)10-4-6-11(7-5-10)15(16,17)18/h4-7,19,21H,3,8-9H2,1-2H3/t13-,14+/m1/s1. The molecule has 2 atom stereocenters. The Balaban J connectivity index is 2.44. The Labute approximate surface area is 121 Å². The van der Waals surface area contributed by atoms with Gasteiger partial charge in [-0.25, -0.2) is 0 Å². The quantitative estimate of drug-likeness (QED) is 0.883. The molecule has 0 bridgehead atoms. The average Bonchev–Trinajstić information content (AvgIpc) is 2.41. The maximum absolute atomic E-state index is 12.6. The Morgan fingerprint density at radius 3 is 2.24 bits per heavy atom. The van der Waals surface area contributed by atoms with Gasteiger partial charge in [0.05, 0.1) is 5.56 Å². The molecular formula is C15H18F3NO2. The van der Waals surface area contributed by atoms with Crippen LogP contribution >= 0.6 is 0 Å². The number of carbonyl (C=O) groups excluding carboxylic acids is 1. The first-order valence-electron chi connectivity index (χ1n) is 6.77. The van der Waals surface area contributed by atoms with Crippen LogP contribution in [0.3, 0.4) is 0 Å². The fourth-order valence-corrected chi connectivity index (χ4v) is 2.99. The van der Waals surface area contributed by atoms with Gasteiger partial charge in [0.1, 0.15) is 11.1 Å². The smallest absolute Gasteiger partial charge is 0.382 e. The van der Waals surface area contributed by atoms with E-state index in [9.17, 15) is 23.1 Å². The molecule has 1 fully saturated rings. The topological polar surface area (TPSA) is 49.3 Å². The van der Waals surface area contributed by atoms with Gasteiger partial charge in [-0.2, -0.15) is 13.2 Å². The zero-order valence-electron chi connectivity index (χ0n) is 11.9. The molecule has 3 nitrogen and oxygen atoms in total. The van der Waals surface area contributed by atoms with Gasteiger partial charge < -0.3 is 10.4 Å². The molecular weight excluding hydrogens is 283 g/mol. The molecule has 1 aliphatic carbocycles. The molecule has 0 spiro atoms. The van der Waals surface area contributed by atoms with Crippen molar-refractivity contribution in [3.8, 4) is 0 Å². The van der Waals surface area contributed by atoms with Crippen LogP contribution in [0.4, 0.5) is 13.2 Å². The molecule has 21 heavy (non-hydrogen) atoms. The summed E-state index contributed by atoms with van der Waals surface area (Å²) >= 11 is 0. The minimum Gasteiger partial charge on any atom is -0.382 e. The Morgan fingerprint density at radius 2 is 1.76 bits per heavy atom. The Bertz CT molecular complexity index is 537. The zero-order valence-corrected chi connectivity index (χ0v) is 11.9. The van der Waals surface area contributed by atoms with E-state index in [1.54, 1.807) is 7.05 Å². The van der Waals surface area contributed by atoms with Crippen molar-refractivity contribution in [1.29, 1.82) is 0 Å². The highest BCUT2D eigenvalue weighted by molar-refractivity contribution is 5.96. The Morgan fingerprint density at radius 1 is 1.19 bits per heavy atom. The van der Waals surface area contributed by atoms with Gasteiger partial charge in [-0.3, -0.25) is 4.79 Å². The number of hydrogen-bond acceptors (Lipinski definition) is 3. The van der Waals surface area contributed by atoms with Gasteiger partial charge in [-0.05, 0) is 50.9 Å². The second kappa shape index (κ2) is 5.10. The molecule has 0 aliphatic heterocycles. The van der Waals surface area contributed by atoms with E-state index in [4.69, 9.17) is 0 Å². The highest BCUT2D eigenvalue weighted by Gasteiger charge is 2.50. The number of carbonyl (C=O) groups is 1. The van der Waals surface area contributed by atoms with Crippen molar-refractivity contribution in [2.75, 3.05) is 7.05 Å². The lowest BCUT2D eigenvalue weighted by Crippen LogP contribution is -2.59. The summed E-state index contributed by atoms with van der Waals surface area (Å²) in [4.78, 5) is 12.5. The Hall–Kier alpha value is -1.40. The first-order valence-corrected chi connectivity index (χ1v) is 6.77. The molecule has 116 valence electrons. The summed E-state index contributed by atoms with van der Waals surface area (Å²) in [6.45, 7) is 1.45. The summed E-state index contributed by atoms with van der Waals surface area (Å²) in [5.41, 5.74) is -2.91. The van der Waals surface area contributed by atoms with Crippen LogP contribution < -0.4 is 5.32 Å². The summed E-state index contributed by atoms with van der Waals surface area (Å²) in [5, 5.41) is 13.1. The van der Waals surface area contributed by atoms with Crippen LogP contribution in [0.25, 0.3) is 0 Å². The van der Waals surface area contributed by atoms with Crippen molar-refractivity contribution in [2.24, 2.45) is 0 Å². The van der Waals surface area contributed by atoms with Gasteiger partial charge in [-0.15, -0.1) is 0 Å². The van der Waals surface area contributed by atoms with Crippen molar-refractivity contribution in [2.45, 2.75) is 43.5 Å². The third-order valence-corrected chi connectivity index (χ3v) is 4.22. The molecule has 2 N–H and O–H groups in total. The van der Waals surface area contributed by atoms with E-state index in [-0.39, 0.29) is 0 Å². The predicted molar refractivity (Wildman–Crippen MR) is 71.7 cm³/mol. The van der Waals surface area contributed by atoms with E-state index in [1.165, 1.54) is 19.1 Å². The SMILES string of the molecule is CN[C@]1(c2ccc(C(F)(F)F)cc2)CCC[C@@](C)(O)C1=O. The number of alkyl halides is 3. The van der Waals surface area contributed by atoms with Crippen molar-refractivity contribution in [1.82, 2.24) is 5.32 Å². The monoisotopic (exact) mass is 301 g/mol. The summed E-state index contributed by atoms with van der Waals surface area (Å²) in [6.07, 6.45) is -2.99. The summed E-state index contributed by atoms with van der Waals surface area (Å²) < 4.78 is 37.8. The van der Waals surface area contributed by atoms with Crippen LogP contribution in [-0.2, 0) is 16.5 Å². The molecule has 0 aromatic heterocycles. The first-order chi connectivity index (χ1) is 9.63. The molecule has 0 heterocycles. The highest BCUT2D eigenvalue weighted by atomic mass is 19.4. The second-order valence-electron chi connectivity index (χ2n) is 5.69. The number of hydrogen-bond donors (Lipinski definition) is 2.